The fourth-order valence-corrected chi connectivity index (χ4v) is 3.56. The third kappa shape index (κ3) is 5.70. The standard InChI is InChI=1S/C22H29N3O3/c1-17-7-4-5-13-25(17)16-19-9-3-2-8-18(19)15-24-21(26)11-12-23-22(27)20-10-6-14-28-20/h2-3,6,8-10,14,17H,4-5,7,11-13,15-16H2,1H3,(H,23,27)(H,24,26). The van der Waals surface area contributed by atoms with Gasteiger partial charge in [-0.25, -0.2) is 0 Å². The van der Waals surface area contributed by atoms with E-state index in [1.165, 1.54) is 31.1 Å². The third-order valence-corrected chi connectivity index (χ3v) is 5.29. The number of furan rings is 1. The Labute approximate surface area is 166 Å². The number of benzene rings is 1. The molecule has 0 aliphatic carbocycles. The topological polar surface area (TPSA) is 74.6 Å². The maximum Gasteiger partial charge on any atom is 0.286 e. The summed E-state index contributed by atoms with van der Waals surface area (Å²) in [5.41, 5.74) is 2.41. The van der Waals surface area contributed by atoms with E-state index in [4.69, 9.17) is 4.42 Å². The van der Waals surface area contributed by atoms with Gasteiger partial charge in [-0.3, -0.25) is 14.5 Å². The molecule has 3 rings (SSSR count). The first-order valence-electron chi connectivity index (χ1n) is 10.0. The van der Waals surface area contributed by atoms with E-state index < -0.39 is 0 Å². The minimum absolute atomic E-state index is 0.0825. The second-order valence-electron chi connectivity index (χ2n) is 7.34. The molecular weight excluding hydrogens is 354 g/mol. The number of hydrogen-bond donors (Lipinski definition) is 2. The lowest BCUT2D eigenvalue weighted by molar-refractivity contribution is -0.121. The van der Waals surface area contributed by atoms with E-state index in [9.17, 15) is 9.59 Å². The van der Waals surface area contributed by atoms with Gasteiger partial charge in [0.2, 0.25) is 5.91 Å². The Balaban J connectivity index is 1.45. The fourth-order valence-electron chi connectivity index (χ4n) is 3.56. The lowest BCUT2D eigenvalue weighted by Crippen LogP contribution is -2.37. The summed E-state index contributed by atoms with van der Waals surface area (Å²) in [5, 5.41) is 5.65. The zero-order valence-electron chi connectivity index (χ0n) is 16.4. The minimum Gasteiger partial charge on any atom is -0.459 e. The zero-order chi connectivity index (χ0) is 19.8. The molecule has 0 saturated carbocycles. The smallest absolute Gasteiger partial charge is 0.286 e. The Morgan fingerprint density at radius 3 is 2.68 bits per heavy atom. The molecule has 2 amide bonds. The van der Waals surface area contributed by atoms with Crippen LogP contribution in [0.2, 0.25) is 0 Å². The van der Waals surface area contributed by atoms with Crippen LogP contribution in [-0.2, 0) is 17.9 Å². The summed E-state index contributed by atoms with van der Waals surface area (Å²) in [4.78, 5) is 26.4. The van der Waals surface area contributed by atoms with Crippen LogP contribution in [0.1, 0.15) is 54.3 Å². The number of carbonyl (C=O) groups is 2. The predicted molar refractivity (Wildman–Crippen MR) is 108 cm³/mol. The number of hydrogen-bond acceptors (Lipinski definition) is 4. The Morgan fingerprint density at radius 2 is 1.93 bits per heavy atom. The van der Waals surface area contributed by atoms with E-state index in [-0.39, 0.29) is 30.5 Å². The number of nitrogens with zero attached hydrogens (tertiary/aromatic N) is 1. The predicted octanol–water partition coefficient (Wildman–Crippen LogP) is 3.09. The molecule has 1 aliphatic heterocycles. The van der Waals surface area contributed by atoms with E-state index in [2.05, 4.69) is 40.7 Å². The van der Waals surface area contributed by atoms with Gasteiger partial charge in [0, 0.05) is 32.1 Å². The molecule has 0 spiro atoms. The Kier molecular flexibility index (Phi) is 7.25. The van der Waals surface area contributed by atoms with Crippen molar-refractivity contribution in [1.82, 2.24) is 15.5 Å². The first kappa shape index (κ1) is 20.1. The van der Waals surface area contributed by atoms with Gasteiger partial charge in [-0.2, -0.15) is 0 Å². The van der Waals surface area contributed by atoms with Gasteiger partial charge in [-0.1, -0.05) is 30.7 Å². The van der Waals surface area contributed by atoms with E-state index in [0.29, 0.717) is 12.6 Å². The van der Waals surface area contributed by atoms with Gasteiger partial charge < -0.3 is 15.1 Å². The van der Waals surface area contributed by atoms with Crippen LogP contribution >= 0.6 is 0 Å². The average molecular weight is 383 g/mol. The van der Waals surface area contributed by atoms with Gasteiger partial charge in [-0.15, -0.1) is 0 Å². The van der Waals surface area contributed by atoms with Crippen molar-refractivity contribution in [2.24, 2.45) is 0 Å². The molecule has 0 radical (unpaired) electrons. The summed E-state index contributed by atoms with van der Waals surface area (Å²) in [5.74, 6) is -0.138. The van der Waals surface area contributed by atoms with Crippen LogP contribution < -0.4 is 10.6 Å². The maximum absolute atomic E-state index is 12.1. The number of likely N-dealkylation sites (tertiary alicyclic amines) is 1. The van der Waals surface area contributed by atoms with Crippen molar-refractivity contribution in [3.8, 4) is 0 Å². The number of nitrogens with one attached hydrogen (secondary N) is 2. The van der Waals surface area contributed by atoms with Crippen molar-refractivity contribution in [3.63, 3.8) is 0 Å². The second kappa shape index (κ2) is 10.1. The molecule has 6 heteroatoms. The summed E-state index contributed by atoms with van der Waals surface area (Å²) in [6.45, 7) is 5.13. The third-order valence-electron chi connectivity index (χ3n) is 5.29. The summed E-state index contributed by atoms with van der Waals surface area (Å²) >= 11 is 0. The molecule has 1 saturated heterocycles. The Bertz CT molecular complexity index is 773. The van der Waals surface area contributed by atoms with Crippen molar-refractivity contribution in [3.05, 3.63) is 59.5 Å². The molecule has 1 aromatic heterocycles. The van der Waals surface area contributed by atoms with Crippen LogP contribution in [0, 0.1) is 0 Å². The average Bonchev–Trinajstić information content (AvgIpc) is 3.24. The van der Waals surface area contributed by atoms with Crippen LogP contribution in [0.25, 0.3) is 0 Å². The fraction of sp³-hybridized carbons (Fsp3) is 0.455. The largest absolute Gasteiger partial charge is 0.459 e. The number of rotatable bonds is 8. The molecule has 2 N–H and O–H groups in total. The molecule has 6 nitrogen and oxygen atoms in total. The van der Waals surface area contributed by atoms with Crippen molar-refractivity contribution in [2.75, 3.05) is 13.1 Å². The molecule has 1 aromatic carbocycles. The Morgan fingerprint density at radius 1 is 1.11 bits per heavy atom. The number of amides is 2. The van der Waals surface area contributed by atoms with E-state index in [1.54, 1.807) is 12.1 Å². The number of carbonyl (C=O) groups excluding carboxylic acids is 2. The van der Waals surface area contributed by atoms with Crippen molar-refractivity contribution < 1.29 is 14.0 Å². The number of piperidine rings is 1. The molecule has 150 valence electrons. The normalized spacial score (nSPS) is 17.2. The van der Waals surface area contributed by atoms with Gasteiger partial charge in [-0.05, 0) is 49.6 Å². The molecule has 0 bridgehead atoms. The highest BCUT2D eigenvalue weighted by atomic mass is 16.3. The highest BCUT2D eigenvalue weighted by molar-refractivity contribution is 5.91. The summed E-state index contributed by atoms with van der Waals surface area (Å²) < 4.78 is 5.02. The minimum atomic E-state index is -0.307. The summed E-state index contributed by atoms with van der Waals surface area (Å²) in [7, 11) is 0. The summed E-state index contributed by atoms with van der Waals surface area (Å²) in [6, 6.07) is 12.1. The van der Waals surface area contributed by atoms with Crippen LogP contribution in [0.4, 0.5) is 0 Å². The molecule has 2 aromatic rings. The molecule has 1 unspecified atom stereocenters. The van der Waals surface area contributed by atoms with Gasteiger partial charge in [0.05, 0.1) is 6.26 Å². The lowest BCUT2D eigenvalue weighted by atomic mass is 10.0. The summed E-state index contributed by atoms with van der Waals surface area (Å²) in [6.07, 6.45) is 5.50. The SMILES string of the molecule is CC1CCCCN1Cc1ccccc1CNC(=O)CCNC(=O)c1ccco1. The van der Waals surface area contributed by atoms with Crippen LogP contribution in [0.15, 0.2) is 47.1 Å². The first-order valence-corrected chi connectivity index (χ1v) is 10.0. The van der Waals surface area contributed by atoms with Crippen molar-refractivity contribution in [2.45, 2.75) is 51.7 Å². The molecule has 2 heterocycles. The highest BCUT2D eigenvalue weighted by Gasteiger charge is 2.19. The van der Waals surface area contributed by atoms with Gasteiger partial charge in [0.25, 0.3) is 5.91 Å². The second-order valence-corrected chi connectivity index (χ2v) is 7.34. The van der Waals surface area contributed by atoms with Crippen LogP contribution in [-0.4, -0.2) is 35.8 Å². The van der Waals surface area contributed by atoms with Crippen molar-refractivity contribution >= 4 is 11.8 Å². The van der Waals surface area contributed by atoms with E-state index in [1.807, 2.05) is 6.07 Å². The van der Waals surface area contributed by atoms with E-state index >= 15 is 0 Å². The van der Waals surface area contributed by atoms with Crippen molar-refractivity contribution in [1.29, 1.82) is 0 Å². The zero-order valence-corrected chi connectivity index (χ0v) is 16.4. The van der Waals surface area contributed by atoms with Gasteiger partial charge >= 0.3 is 0 Å². The monoisotopic (exact) mass is 383 g/mol. The molecule has 1 aliphatic rings. The molecular formula is C22H29N3O3. The quantitative estimate of drug-likeness (QED) is 0.735. The molecule has 1 atom stereocenters. The molecule has 28 heavy (non-hydrogen) atoms. The van der Waals surface area contributed by atoms with Crippen LogP contribution in [0.3, 0.4) is 0 Å². The maximum atomic E-state index is 12.1. The van der Waals surface area contributed by atoms with Gasteiger partial charge in [0.15, 0.2) is 5.76 Å². The van der Waals surface area contributed by atoms with Gasteiger partial charge in [0.1, 0.15) is 0 Å². The Hall–Kier alpha value is -2.60. The van der Waals surface area contributed by atoms with E-state index in [0.717, 1.165) is 18.7 Å². The lowest BCUT2D eigenvalue weighted by Gasteiger charge is -2.33. The van der Waals surface area contributed by atoms with Crippen LogP contribution in [0.5, 0.6) is 0 Å². The highest BCUT2D eigenvalue weighted by Crippen LogP contribution is 2.20. The molecule has 1 fully saturated rings. The first-order chi connectivity index (χ1) is 13.6.